The molecule has 1 aromatic rings. The zero-order valence-corrected chi connectivity index (χ0v) is 10.6. The van der Waals surface area contributed by atoms with Crippen molar-refractivity contribution in [3.05, 3.63) is 33.8 Å². The molecule has 0 heterocycles. The van der Waals surface area contributed by atoms with Crippen molar-refractivity contribution in [2.24, 2.45) is 11.7 Å². The lowest BCUT2D eigenvalue weighted by Gasteiger charge is -2.09. The van der Waals surface area contributed by atoms with Crippen molar-refractivity contribution in [2.75, 3.05) is 6.54 Å². The number of carboxylic acids is 1. The van der Waals surface area contributed by atoms with E-state index in [2.05, 4.69) is 0 Å². The topological polar surface area (TPSA) is 63.3 Å². The molecule has 0 fully saturated rings. The zero-order chi connectivity index (χ0) is 11.4. The molecule has 0 aliphatic heterocycles. The van der Waals surface area contributed by atoms with Crippen LogP contribution in [0.4, 0.5) is 0 Å². The number of hydrogen-bond acceptors (Lipinski definition) is 2. The Hall–Kier alpha value is -0.480. The number of nitrogens with two attached hydrogens (primary N) is 1. The Morgan fingerprint density at radius 3 is 2.19 bits per heavy atom. The van der Waals surface area contributed by atoms with Crippen molar-refractivity contribution >= 4 is 41.6 Å². The van der Waals surface area contributed by atoms with Crippen LogP contribution in [-0.2, 0) is 11.2 Å². The third-order valence-electron chi connectivity index (χ3n) is 2.04. The highest BCUT2D eigenvalue weighted by molar-refractivity contribution is 6.34. The van der Waals surface area contributed by atoms with Crippen LogP contribution in [0.5, 0.6) is 0 Å². The second-order valence-electron chi connectivity index (χ2n) is 3.25. The van der Waals surface area contributed by atoms with Gasteiger partial charge in [0.25, 0.3) is 0 Å². The molecule has 1 rings (SSSR count). The second-order valence-corrected chi connectivity index (χ2v) is 4.13. The third kappa shape index (κ3) is 4.58. The maximum absolute atomic E-state index is 10.8. The lowest BCUT2D eigenvalue weighted by atomic mass is 10.00. The van der Waals surface area contributed by atoms with Gasteiger partial charge in [0.05, 0.1) is 5.92 Å². The van der Waals surface area contributed by atoms with Gasteiger partial charge in [-0.2, -0.15) is 0 Å². The molecule has 0 saturated carbocycles. The van der Waals surface area contributed by atoms with E-state index in [0.29, 0.717) is 16.5 Å². The average Bonchev–Trinajstić information content (AvgIpc) is 2.12. The molecule has 0 aliphatic carbocycles. The minimum absolute atomic E-state index is 0. The van der Waals surface area contributed by atoms with Gasteiger partial charge in [-0.25, -0.2) is 0 Å². The molecule has 0 spiro atoms. The van der Waals surface area contributed by atoms with Crippen molar-refractivity contribution in [1.82, 2.24) is 0 Å². The highest BCUT2D eigenvalue weighted by Gasteiger charge is 2.16. The van der Waals surface area contributed by atoms with E-state index >= 15 is 0 Å². The van der Waals surface area contributed by atoms with Crippen LogP contribution in [0.15, 0.2) is 18.2 Å². The zero-order valence-electron chi connectivity index (χ0n) is 8.32. The molecular weight excluding hydrogens is 272 g/mol. The van der Waals surface area contributed by atoms with E-state index in [9.17, 15) is 4.79 Å². The van der Waals surface area contributed by atoms with Gasteiger partial charge in [-0.15, -0.1) is 12.4 Å². The molecule has 90 valence electrons. The monoisotopic (exact) mass is 283 g/mol. The van der Waals surface area contributed by atoms with Gasteiger partial charge in [0, 0.05) is 16.6 Å². The minimum atomic E-state index is -0.909. The van der Waals surface area contributed by atoms with Crippen LogP contribution >= 0.6 is 35.6 Å². The van der Waals surface area contributed by atoms with Crippen LogP contribution in [0, 0.1) is 5.92 Å². The van der Waals surface area contributed by atoms with Crippen molar-refractivity contribution in [1.29, 1.82) is 0 Å². The Balaban J connectivity index is 0.00000225. The minimum Gasteiger partial charge on any atom is -0.481 e. The van der Waals surface area contributed by atoms with Gasteiger partial charge in [-0.3, -0.25) is 4.79 Å². The van der Waals surface area contributed by atoms with Gasteiger partial charge in [0.15, 0.2) is 0 Å². The van der Waals surface area contributed by atoms with Gasteiger partial charge in [0.2, 0.25) is 0 Å². The number of hydrogen-bond donors (Lipinski definition) is 2. The van der Waals surface area contributed by atoms with E-state index in [1.54, 1.807) is 18.2 Å². The summed E-state index contributed by atoms with van der Waals surface area (Å²) in [5.41, 5.74) is 6.13. The summed E-state index contributed by atoms with van der Waals surface area (Å²) in [6.45, 7) is 0.0967. The maximum atomic E-state index is 10.8. The first kappa shape index (κ1) is 15.5. The molecule has 0 unspecified atom stereocenters. The molecule has 1 aromatic carbocycles. The Kier molecular flexibility index (Phi) is 6.76. The Morgan fingerprint density at radius 2 is 1.81 bits per heavy atom. The molecule has 0 saturated heterocycles. The quantitative estimate of drug-likeness (QED) is 0.893. The fourth-order valence-corrected chi connectivity index (χ4v) is 1.86. The highest BCUT2D eigenvalue weighted by atomic mass is 35.5. The summed E-state index contributed by atoms with van der Waals surface area (Å²) in [6, 6.07) is 4.99. The largest absolute Gasteiger partial charge is 0.481 e. The summed E-state index contributed by atoms with van der Waals surface area (Å²) in [5.74, 6) is -1.51. The van der Waals surface area contributed by atoms with Crippen LogP contribution < -0.4 is 5.73 Å². The predicted molar refractivity (Wildman–Crippen MR) is 67.6 cm³/mol. The van der Waals surface area contributed by atoms with Gasteiger partial charge in [-0.1, -0.05) is 23.2 Å². The standard InChI is InChI=1S/C10H11Cl2NO2.ClH/c11-8-2-6(3-9(12)4-8)1-7(5-13)10(14)15;/h2-4,7H,1,5,13H2,(H,14,15);1H/t7-;/m0./s1. The molecule has 3 N–H and O–H groups in total. The number of rotatable bonds is 4. The van der Waals surface area contributed by atoms with Crippen molar-refractivity contribution in [2.45, 2.75) is 6.42 Å². The lowest BCUT2D eigenvalue weighted by molar-refractivity contribution is -0.141. The van der Waals surface area contributed by atoms with Crippen molar-refractivity contribution < 1.29 is 9.90 Å². The molecular formula is C10H12Cl3NO2. The molecule has 16 heavy (non-hydrogen) atoms. The van der Waals surface area contributed by atoms with Gasteiger partial charge >= 0.3 is 5.97 Å². The average molecular weight is 285 g/mol. The van der Waals surface area contributed by atoms with Crippen LogP contribution in [-0.4, -0.2) is 17.6 Å². The lowest BCUT2D eigenvalue weighted by Crippen LogP contribution is -2.25. The van der Waals surface area contributed by atoms with Crippen molar-refractivity contribution in [3.63, 3.8) is 0 Å². The summed E-state index contributed by atoms with van der Waals surface area (Å²) in [4.78, 5) is 10.8. The van der Waals surface area contributed by atoms with E-state index < -0.39 is 11.9 Å². The smallest absolute Gasteiger partial charge is 0.308 e. The van der Waals surface area contributed by atoms with E-state index in [-0.39, 0.29) is 19.0 Å². The van der Waals surface area contributed by atoms with Crippen LogP contribution in [0.25, 0.3) is 0 Å². The summed E-state index contributed by atoms with van der Waals surface area (Å²) in [6.07, 6.45) is 0.339. The number of aliphatic carboxylic acids is 1. The van der Waals surface area contributed by atoms with Gasteiger partial charge < -0.3 is 10.8 Å². The first-order valence-electron chi connectivity index (χ1n) is 4.40. The molecule has 0 aromatic heterocycles. The summed E-state index contributed by atoms with van der Waals surface area (Å²) in [5, 5.41) is 9.82. The summed E-state index contributed by atoms with van der Waals surface area (Å²) in [7, 11) is 0. The van der Waals surface area contributed by atoms with Gasteiger partial charge in [-0.05, 0) is 30.2 Å². The van der Waals surface area contributed by atoms with Crippen LogP contribution in [0.2, 0.25) is 10.0 Å². The van der Waals surface area contributed by atoms with E-state index in [4.69, 9.17) is 34.0 Å². The Bertz CT molecular complexity index is 351. The van der Waals surface area contributed by atoms with Gasteiger partial charge in [0.1, 0.15) is 0 Å². The van der Waals surface area contributed by atoms with Crippen LogP contribution in [0.3, 0.4) is 0 Å². The molecule has 1 atom stereocenters. The van der Waals surface area contributed by atoms with Crippen LogP contribution in [0.1, 0.15) is 5.56 Å². The predicted octanol–water partition coefficient (Wildman–Crippen LogP) is 2.62. The second kappa shape index (κ2) is 6.97. The summed E-state index contributed by atoms with van der Waals surface area (Å²) >= 11 is 11.6. The number of halogens is 3. The van der Waals surface area contributed by atoms with Crippen molar-refractivity contribution in [3.8, 4) is 0 Å². The maximum Gasteiger partial charge on any atom is 0.308 e. The van der Waals surface area contributed by atoms with E-state index in [1.165, 1.54) is 0 Å². The SMILES string of the molecule is Cl.NC[C@H](Cc1cc(Cl)cc(Cl)c1)C(=O)O. The third-order valence-corrected chi connectivity index (χ3v) is 2.47. The first-order chi connectivity index (χ1) is 7.02. The van der Waals surface area contributed by atoms with E-state index in [0.717, 1.165) is 5.56 Å². The molecule has 0 aliphatic rings. The molecule has 0 bridgehead atoms. The normalized spacial score (nSPS) is 11.7. The molecule has 3 nitrogen and oxygen atoms in total. The fraction of sp³-hybridized carbons (Fsp3) is 0.300. The fourth-order valence-electron chi connectivity index (χ4n) is 1.28. The molecule has 6 heteroatoms. The summed E-state index contributed by atoms with van der Waals surface area (Å²) < 4.78 is 0. The number of carbonyl (C=O) groups is 1. The van der Waals surface area contributed by atoms with E-state index in [1.807, 2.05) is 0 Å². The number of carboxylic acid groups (broad SMARTS) is 1. The highest BCUT2D eigenvalue weighted by Crippen LogP contribution is 2.21. The molecule has 0 radical (unpaired) electrons. The first-order valence-corrected chi connectivity index (χ1v) is 5.16. The molecule has 0 amide bonds. The number of benzene rings is 1. The Labute approximate surface area is 110 Å². The Morgan fingerprint density at radius 1 is 1.31 bits per heavy atom.